The SMILES string of the molecule is NC(=O)c1cc([N+](=O)[O-])cnc1N1CCC(NC(=O)c2ccsc2)CC1. The van der Waals surface area contributed by atoms with E-state index >= 15 is 0 Å². The van der Waals surface area contributed by atoms with E-state index in [1.807, 2.05) is 10.3 Å². The average molecular weight is 375 g/mol. The van der Waals surface area contributed by atoms with Gasteiger partial charge in [0.2, 0.25) is 0 Å². The number of rotatable bonds is 5. The van der Waals surface area contributed by atoms with Crippen LogP contribution in [0, 0.1) is 10.1 Å². The minimum atomic E-state index is -0.760. The third kappa shape index (κ3) is 3.80. The molecule has 2 aromatic rings. The van der Waals surface area contributed by atoms with Crippen LogP contribution in [0.4, 0.5) is 11.5 Å². The van der Waals surface area contributed by atoms with Gasteiger partial charge >= 0.3 is 0 Å². The van der Waals surface area contributed by atoms with Crippen LogP contribution < -0.4 is 16.0 Å². The number of nitrogens with zero attached hydrogens (tertiary/aromatic N) is 3. The number of piperidine rings is 1. The summed E-state index contributed by atoms with van der Waals surface area (Å²) >= 11 is 1.47. The Kier molecular flexibility index (Phi) is 5.12. The van der Waals surface area contributed by atoms with Gasteiger partial charge in [0.15, 0.2) is 0 Å². The number of amides is 2. The summed E-state index contributed by atoms with van der Waals surface area (Å²) in [6.45, 7) is 1.11. The van der Waals surface area contributed by atoms with Gasteiger partial charge in [0, 0.05) is 36.1 Å². The highest BCUT2D eigenvalue weighted by Gasteiger charge is 2.26. The van der Waals surface area contributed by atoms with Crippen molar-refractivity contribution in [1.82, 2.24) is 10.3 Å². The molecule has 0 radical (unpaired) electrons. The van der Waals surface area contributed by atoms with E-state index in [0.717, 1.165) is 12.3 Å². The molecule has 0 aliphatic carbocycles. The van der Waals surface area contributed by atoms with Crippen LogP contribution in [0.5, 0.6) is 0 Å². The Balaban J connectivity index is 1.67. The molecule has 0 unspecified atom stereocenters. The van der Waals surface area contributed by atoms with Gasteiger partial charge in [-0.15, -0.1) is 0 Å². The fraction of sp³-hybridized carbons (Fsp3) is 0.312. The Morgan fingerprint density at radius 3 is 2.69 bits per heavy atom. The Labute approximate surface area is 153 Å². The van der Waals surface area contributed by atoms with Crippen LogP contribution in [0.15, 0.2) is 29.1 Å². The number of carbonyl (C=O) groups is 2. The van der Waals surface area contributed by atoms with E-state index in [2.05, 4.69) is 10.3 Å². The average Bonchev–Trinajstić information content (AvgIpc) is 3.16. The minimum absolute atomic E-state index is 0.0220. The number of nitrogens with one attached hydrogen (secondary N) is 1. The van der Waals surface area contributed by atoms with Gasteiger partial charge in [-0.05, 0) is 24.3 Å². The summed E-state index contributed by atoms with van der Waals surface area (Å²) < 4.78 is 0. The molecule has 2 aromatic heterocycles. The maximum atomic E-state index is 12.1. The lowest BCUT2D eigenvalue weighted by Crippen LogP contribution is -2.45. The van der Waals surface area contributed by atoms with Crippen molar-refractivity contribution in [3.8, 4) is 0 Å². The van der Waals surface area contributed by atoms with Crippen molar-refractivity contribution in [2.24, 2.45) is 5.73 Å². The second kappa shape index (κ2) is 7.48. The molecule has 0 aromatic carbocycles. The number of aromatic nitrogens is 1. The zero-order chi connectivity index (χ0) is 18.7. The van der Waals surface area contributed by atoms with E-state index in [4.69, 9.17) is 5.73 Å². The summed E-state index contributed by atoms with van der Waals surface area (Å²) in [5.74, 6) is -0.522. The topological polar surface area (TPSA) is 131 Å². The highest BCUT2D eigenvalue weighted by molar-refractivity contribution is 7.08. The minimum Gasteiger partial charge on any atom is -0.365 e. The summed E-state index contributed by atoms with van der Waals surface area (Å²) in [6.07, 6.45) is 2.46. The number of carbonyl (C=O) groups excluding carboxylic acids is 2. The fourth-order valence-electron chi connectivity index (χ4n) is 2.88. The summed E-state index contributed by atoms with van der Waals surface area (Å²) in [7, 11) is 0. The Morgan fingerprint density at radius 1 is 1.38 bits per heavy atom. The number of anilines is 1. The molecule has 1 aliphatic rings. The second-order valence-corrected chi connectivity index (χ2v) is 6.71. The molecule has 9 nitrogen and oxygen atoms in total. The molecular formula is C16H17N5O4S. The third-order valence-corrected chi connectivity index (χ3v) is 4.92. The molecule has 3 rings (SSSR count). The van der Waals surface area contributed by atoms with Crippen molar-refractivity contribution in [3.05, 3.63) is 50.3 Å². The van der Waals surface area contributed by atoms with Gasteiger partial charge in [-0.2, -0.15) is 11.3 Å². The van der Waals surface area contributed by atoms with Gasteiger partial charge in [-0.1, -0.05) is 0 Å². The smallest absolute Gasteiger partial charge is 0.288 e. The lowest BCUT2D eigenvalue weighted by molar-refractivity contribution is -0.385. The lowest BCUT2D eigenvalue weighted by atomic mass is 10.0. The Bertz CT molecular complexity index is 831. The monoisotopic (exact) mass is 375 g/mol. The van der Waals surface area contributed by atoms with E-state index in [9.17, 15) is 19.7 Å². The number of nitrogens with two attached hydrogens (primary N) is 1. The van der Waals surface area contributed by atoms with Gasteiger partial charge < -0.3 is 16.0 Å². The van der Waals surface area contributed by atoms with Crippen LogP contribution in [-0.4, -0.2) is 40.9 Å². The van der Waals surface area contributed by atoms with Gasteiger partial charge in [0.05, 0.1) is 10.5 Å². The first kappa shape index (κ1) is 17.8. The van der Waals surface area contributed by atoms with E-state index in [-0.39, 0.29) is 23.2 Å². The largest absolute Gasteiger partial charge is 0.365 e. The number of pyridine rings is 1. The predicted molar refractivity (Wildman–Crippen MR) is 96.4 cm³/mol. The Morgan fingerprint density at radius 2 is 2.12 bits per heavy atom. The number of nitro groups is 1. The molecule has 10 heteroatoms. The van der Waals surface area contributed by atoms with Crippen molar-refractivity contribution >= 4 is 34.7 Å². The van der Waals surface area contributed by atoms with Gasteiger partial charge in [0.25, 0.3) is 17.5 Å². The molecule has 2 amide bonds. The summed E-state index contributed by atoms with van der Waals surface area (Å²) in [4.78, 5) is 40.0. The first-order chi connectivity index (χ1) is 12.5. The summed E-state index contributed by atoms with van der Waals surface area (Å²) in [5, 5.41) is 17.5. The number of hydrogen-bond acceptors (Lipinski definition) is 7. The molecule has 136 valence electrons. The summed E-state index contributed by atoms with van der Waals surface area (Å²) in [6, 6.07) is 2.94. The first-order valence-corrected chi connectivity index (χ1v) is 8.92. The van der Waals surface area contributed by atoms with Crippen molar-refractivity contribution in [1.29, 1.82) is 0 Å². The van der Waals surface area contributed by atoms with E-state index < -0.39 is 10.8 Å². The first-order valence-electron chi connectivity index (χ1n) is 7.98. The summed E-state index contributed by atoms with van der Waals surface area (Å²) in [5.41, 5.74) is 5.75. The fourth-order valence-corrected chi connectivity index (χ4v) is 3.51. The number of hydrogen-bond donors (Lipinski definition) is 2. The molecule has 3 N–H and O–H groups in total. The molecule has 1 fully saturated rings. The molecular weight excluding hydrogens is 358 g/mol. The van der Waals surface area contributed by atoms with Crippen LogP contribution in [-0.2, 0) is 0 Å². The highest BCUT2D eigenvalue weighted by Crippen LogP contribution is 2.25. The normalized spacial score (nSPS) is 14.8. The lowest BCUT2D eigenvalue weighted by Gasteiger charge is -2.33. The highest BCUT2D eigenvalue weighted by atomic mass is 32.1. The number of thiophene rings is 1. The van der Waals surface area contributed by atoms with Crippen molar-refractivity contribution in [3.63, 3.8) is 0 Å². The van der Waals surface area contributed by atoms with Gasteiger partial charge in [0.1, 0.15) is 12.0 Å². The molecule has 0 bridgehead atoms. The van der Waals surface area contributed by atoms with E-state index in [0.29, 0.717) is 37.3 Å². The Hall–Kier alpha value is -3.01. The van der Waals surface area contributed by atoms with Crippen molar-refractivity contribution in [2.45, 2.75) is 18.9 Å². The standard InChI is InChI=1S/C16H17N5O4S/c17-14(22)13-7-12(21(24)25)8-18-15(13)20-4-1-11(2-5-20)19-16(23)10-3-6-26-9-10/h3,6-9,11H,1-2,4-5H2,(H2,17,22)(H,19,23). The van der Waals surface area contributed by atoms with E-state index in [1.54, 1.807) is 11.4 Å². The molecule has 1 saturated heterocycles. The number of primary amides is 1. The van der Waals surface area contributed by atoms with Crippen LogP contribution in [0.3, 0.4) is 0 Å². The molecule has 0 atom stereocenters. The molecule has 26 heavy (non-hydrogen) atoms. The van der Waals surface area contributed by atoms with Crippen molar-refractivity contribution in [2.75, 3.05) is 18.0 Å². The third-order valence-electron chi connectivity index (χ3n) is 4.24. The maximum Gasteiger partial charge on any atom is 0.288 e. The van der Waals surface area contributed by atoms with E-state index in [1.165, 1.54) is 11.3 Å². The molecule has 0 saturated carbocycles. The zero-order valence-corrected chi connectivity index (χ0v) is 14.6. The van der Waals surface area contributed by atoms with Crippen LogP contribution in [0.2, 0.25) is 0 Å². The zero-order valence-electron chi connectivity index (χ0n) is 13.8. The van der Waals surface area contributed by atoms with Crippen LogP contribution in [0.25, 0.3) is 0 Å². The predicted octanol–water partition coefficient (Wildman–Crippen LogP) is 1.55. The van der Waals surface area contributed by atoms with Crippen LogP contribution >= 0.6 is 11.3 Å². The second-order valence-electron chi connectivity index (χ2n) is 5.93. The van der Waals surface area contributed by atoms with Gasteiger partial charge in [-0.25, -0.2) is 4.98 Å². The molecule has 0 spiro atoms. The van der Waals surface area contributed by atoms with Crippen LogP contribution in [0.1, 0.15) is 33.6 Å². The molecule has 3 heterocycles. The quantitative estimate of drug-likeness (QED) is 0.602. The van der Waals surface area contributed by atoms with Gasteiger partial charge in [-0.3, -0.25) is 19.7 Å². The maximum absolute atomic E-state index is 12.1. The van der Waals surface area contributed by atoms with Crippen molar-refractivity contribution < 1.29 is 14.5 Å². The molecule has 1 aliphatic heterocycles.